The zero-order valence-electron chi connectivity index (χ0n) is 12.8. The summed E-state index contributed by atoms with van der Waals surface area (Å²) in [7, 11) is 3.82. The Morgan fingerprint density at radius 3 is 2.52 bits per heavy atom. The molecule has 0 amide bonds. The molecule has 1 aromatic heterocycles. The fraction of sp³-hybridized carbons (Fsp3) is 0.267. The van der Waals surface area contributed by atoms with E-state index in [9.17, 15) is 18.8 Å². The van der Waals surface area contributed by atoms with E-state index in [2.05, 4.69) is 4.74 Å². The number of rotatable bonds is 4. The Kier molecular flexibility index (Phi) is 4.63. The number of methoxy groups -OCH3 is 2. The van der Waals surface area contributed by atoms with E-state index in [0.717, 1.165) is 27.3 Å². The van der Waals surface area contributed by atoms with Crippen molar-refractivity contribution in [3.63, 3.8) is 0 Å². The van der Waals surface area contributed by atoms with Gasteiger partial charge in [0.25, 0.3) is 5.56 Å². The van der Waals surface area contributed by atoms with Crippen LogP contribution in [0.3, 0.4) is 0 Å². The van der Waals surface area contributed by atoms with Crippen LogP contribution in [0, 0.1) is 5.82 Å². The van der Waals surface area contributed by atoms with Crippen LogP contribution in [0.15, 0.2) is 33.9 Å². The highest BCUT2D eigenvalue weighted by molar-refractivity contribution is 5.91. The molecule has 122 valence electrons. The lowest BCUT2D eigenvalue weighted by atomic mass is 10.1. The van der Waals surface area contributed by atoms with Crippen molar-refractivity contribution in [3.8, 4) is 5.88 Å². The number of hydrogen-bond acceptors (Lipinski definition) is 5. The smallest absolute Gasteiger partial charge is 0.338 e. The monoisotopic (exact) mass is 322 g/mol. The first-order valence-corrected chi connectivity index (χ1v) is 6.60. The third-order valence-electron chi connectivity index (χ3n) is 3.37. The molecule has 1 aromatic carbocycles. The quantitative estimate of drug-likeness (QED) is 0.767. The third kappa shape index (κ3) is 3.15. The number of esters is 1. The van der Waals surface area contributed by atoms with Crippen LogP contribution in [0.1, 0.15) is 15.9 Å². The fourth-order valence-electron chi connectivity index (χ4n) is 2.14. The molecule has 0 aliphatic heterocycles. The van der Waals surface area contributed by atoms with Crippen molar-refractivity contribution in [2.45, 2.75) is 6.54 Å². The van der Waals surface area contributed by atoms with Crippen LogP contribution >= 0.6 is 0 Å². The van der Waals surface area contributed by atoms with E-state index in [1.807, 2.05) is 0 Å². The normalized spacial score (nSPS) is 10.4. The summed E-state index contributed by atoms with van der Waals surface area (Å²) in [5.74, 6) is -1.21. The van der Waals surface area contributed by atoms with E-state index < -0.39 is 23.0 Å². The first-order valence-electron chi connectivity index (χ1n) is 6.60. The zero-order valence-corrected chi connectivity index (χ0v) is 12.8. The molecule has 0 N–H and O–H groups in total. The predicted molar refractivity (Wildman–Crippen MR) is 79.3 cm³/mol. The van der Waals surface area contributed by atoms with E-state index >= 15 is 0 Å². The fourth-order valence-corrected chi connectivity index (χ4v) is 2.14. The summed E-state index contributed by atoms with van der Waals surface area (Å²) in [5.41, 5.74) is -0.822. The molecule has 0 saturated heterocycles. The van der Waals surface area contributed by atoms with Gasteiger partial charge in [-0.3, -0.25) is 13.9 Å². The number of carbonyl (C=O) groups excluding carboxylic acids is 1. The van der Waals surface area contributed by atoms with Crippen molar-refractivity contribution in [1.82, 2.24) is 9.13 Å². The minimum Gasteiger partial charge on any atom is -0.482 e. The van der Waals surface area contributed by atoms with E-state index in [4.69, 9.17) is 4.74 Å². The van der Waals surface area contributed by atoms with Crippen LogP contribution < -0.4 is 16.0 Å². The zero-order chi connectivity index (χ0) is 17.1. The number of carbonyl (C=O) groups is 1. The van der Waals surface area contributed by atoms with Gasteiger partial charge in [0.2, 0.25) is 5.88 Å². The summed E-state index contributed by atoms with van der Waals surface area (Å²) < 4.78 is 25.2. The Morgan fingerprint density at radius 1 is 1.22 bits per heavy atom. The summed E-state index contributed by atoms with van der Waals surface area (Å²) in [4.78, 5) is 35.7. The van der Waals surface area contributed by atoms with Crippen LogP contribution in [0.2, 0.25) is 0 Å². The van der Waals surface area contributed by atoms with Gasteiger partial charge in [0.05, 0.1) is 32.4 Å². The second-order valence-corrected chi connectivity index (χ2v) is 4.75. The average molecular weight is 322 g/mol. The van der Waals surface area contributed by atoms with Crippen LogP contribution in [-0.4, -0.2) is 29.3 Å². The first-order chi connectivity index (χ1) is 10.9. The molecule has 7 nitrogen and oxygen atoms in total. The van der Waals surface area contributed by atoms with Gasteiger partial charge in [0.1, 0.15) is 5.82 Å². The highest BCUT2D eigenvalue weighted by Gasteiger charge is 2.16. The topological polar surface area (TPSA) is 79.5 Å². The Hall–Kier alpha value is -2.90. The molecule has 0 saturated carbocycles. The van der Waals surface area contributed by atoms with E-state index in [1.165, 1.54) is 27.3 Å². The largest absolute Gasteiger partial charge is 0.482 e. The van der Waals surface area contributed by atoms with E-state index in [-0.39, 0.29) is 23.6 Å². The van der Waals surface area contributed by atoms with Crippen LogP contribution in [-0.2, 0) is 18.3 Å². The molecule has 0 spiro atoms. The molecule has 8 heteroatoms. The van der Waals surface area contributed by atoms with Crippen LogP contribution in [0.25, 0.3) is 0 Å². The molecule has 0 atom stereocenters. The molecular formula is C15H15FN2O5. The van der Waals surface area contributed by atoms with Crippen LogP contribution in [0.5, 0.6) is 5.88 Å². The first kappa shape index (κ1) is 16.5. The van der Waals surface area contributed by atoms with Crippen molar-refractivity contribution >= 4 is 5.97 Å². The summed E-state index contributed by atoms with van der Waals surface area (Å²) in [6, 6.07) is 4.66. The van der Waals surface area contributed by atoms with Gasteiger partial charge >= 0.3 is 11.7 Å². The molecule has 0 aliphatic rings. The van der Waals surface area contributed by atoms with Gasteiger partial charge in [-0.05, 0) is 23.8 Å². The third-order valence-corrected chi connectivity index (χ3v) is 3.37. The Labute approximate surface area is 130 Å². The molecule has 0 aliphatic carbocycles. The minimum atomic E-state index is -0.656. The Balaban J connectivity index is 2.62. The van der Waals surface area contributed by atoms with Gasteiger partial charge in [0.15, 0.2) is 0 Å². The number of hydrogen-bond donors (Lipinski definition) is 0. The molecule has 2 rings (SSSR count). The van der Waals surface area contributed by atoms with Crippen LogP contribution in [0.4, 0.5) is 4.39 Å². The van der Waals surface area contributed by atoms with E-state index in [0.29, 0.717) is 0 Å². The Bertz CT molecular complexity index is 869. The van der Waals surface area contributed by atoms with Gasteiger partial charge in [-0.15, -0.1) is 0 Å². The SMILES string of the molecule is COC(=O)c1ccc(F)cc1Cn1c(OC)cc(=O)n(C)c1=O. The molecule has 2 aromatic rings. The molecule has 23 heavy (non-hydrogen) atoms. The molecule has 0 bridgehead atoms. The highest BCUT2D eigenvalue weighted by atomic mass is 19.1. The molecular weight excluding hydrogens is 307 g/mol. The second kappa shape index (κ2) is 6.47. The van der Waals surface area contributed by atoms with Crippen molar-refractivity contribution in [2.24, 2.45) is 7.05 Å². The minimum absolute atomic E-state index is 0.0122. The Morgan fingerprint density at radius 2 is 1.91 bits per heavy atom. The van der Waals surface area contributed by atoms with Gasteiger partial charge in [-0.2, -0.15) is 0 Å². The number of ether oxygens (including phenoxy) is 2. The predicted octanol–water partition coefficient (Wildman–Crippen LogP) is 0.530. The second-order valence-electron chi connectivity index (χ2n) is 4.75. The maximum Gasteiger partial charge on any atom is 0.338 e. The summed E-state index contributed by atoms with van der Waals surface area (Å²) >= 11 is 0. The number of aromatic nitrogens is 2. The number of benzene rings is 1. The molecule has 0 unspecified atom stereocenters. The lowest BCUT2D eigenvalue weighted by Gasteiger charge is -2.14. The van der Waals surface area contributed by atoms with Crippen molar-refractivity contribution in [3.05, 3.63) is 62.0 Å². The van der Waals surface area contributed by atoms with Crippen molar-refractivity contribution in [2.75, 3.05) is 14.2 Å². The molecule has 0 fully saturated rings. The number of nitrogens with zero attached hydrogens (tertiary/aromatic N) is 2. The van der Waals surface area contributed by atoms with Gasteiger partial charge < -0.3 is 9.47 Å². The lowest BCUT2D eigenvalue weighted by molar-refractivity contribution is 0.0599. The lowest BCUT2D eigenvalue weighted by Crippen LogP contribution is -2.38. The van der Waals surface area contributed by atoms with Gasteiger partial charge in [-0.1, -0.05) is 0 Å². The standard InChI is InChI=1S/C15H15FN2O5/c1-17-12(19)7-13(22-2)18(15(17)21)8-9-6-10(16)4-5-11(9)14(20)23-3/h4-7H,8H2,1-3H3. The summed E-state index contributed by atoms with van der Waals surface area (Å²) in [6.07, 6.45) is 0. The van der Waals surface area contributed by atoms with Crippen molar-refractivity contribution in [1.29, 1.82) is 0 Å². The van der Waals surface area contributed by atoms with E-state index in [1.54, 1.807) is 0 Å². The summed E-state index contributed by atoms with van der Waals surface area (Å²) in [6.45, 7) is -0.154. The molecule has 0 radical (unpaired) electrons. The maximum absolute atomic E-state index is 13.5. The highest BCUT2D eigenvalue weighted by Crippen LogP contribution is 2.16. The van der Waals surface area contributed by atoms with Crippen molar-refractivity contribution < 1.29 is 18.7 Å². The van der Waals surface area contributed by atoms with Gasteiger partial charge in [0, 0.05) is 7.05 Å². The number of halogens is 1. The molecule has 1 heterocycles. The summed E-state index contributed by atoms with van der Waals surface area (Å²) in [5, 5.41) is 0. The maximum atomic E-state index is 13.5. The average Bonchev–Trinajstić information content (AvgIpc) is 2.54. The van der Waals surface area contributed by atoms with Gasteiger partial charge in [-0.25, -0.2) is 14.0 Å².